The molecule has 1 heterocycles. The number of piperidine rings is 1. The monoisotopic (exact) mass is 287 g/mol. The third kappa shape index (κ3) is 3.25. The van der Waals surface area contributed by atoms with E-state index >= 15 is 0 Å². The van der Waals surface area contributed by atoms with Crippen molar-refractivity contribution < 1.29 is 8.42 Å². The average Bonchev–Trinajstić information content (AvgIpc) is 2.32. The second-order valence-electron chi connectivity index (χ2n) is 4.95. The van der Waals surface area contributed by atoms with Crippen molar-refractivity contribution in [3.8, 4) is 0 Å². The molecule has 18 heavy (non-hydrogen) atoms. The molecule has 1 aromatic carbocycles. The smallest absolute Gasteiger partial charge is 0.212 e. The number of hydrogen-bond donors (Lipinski definition) is 0. The molecular formula is C13H18ClNO2S. The van der Waals surface area contributed by atoms with Crippen LogP contribution in [0.2, 0.25) is 5.02 Å². The summed E-state index contributed by atoms with van der Waals surface area (Å²) in [5.74, 6) is 0.444. The highest BCUT2D eigenvalue weighted by atomic mass is 35.5. The molecule has 0 spiro atoms. The molecule has 1 fully saturated rings. The molecule has 3 nitrogen and oxygen atoms in total. The number of benzene rings is 1. The van der Waals surface area contributed by atoms with E-state index in [0.29, 0.717) is 29.6 Å². The third-order valence-electron chi connectivity index (χ3n) is 3.31. The molecule has 0 aromatic heterocycles. The Morgan fingerprint density at radius 1 is 1.39 bits per heavy atom. The van der Waals surface area contributed by atoms with Gasteiger partial charge in [-0.3, -0.25) is 0 Å². The first-order valence-electron chi connectivity index (χ1n) is 6.20. The van der Waals surface area contributed by atoms with Crippen LogP contribution < -0.4 is 0 Å². The van der Waals surface area contributed by atoms with E-state index in [2.05, 4.69) is 6.92 Å². The van der Waals surface area contributed by atoms with Crippen LogP contribution in [0, 0.1) is 5.92 Å². The maximum atomic E-state index is 12.3. The van der Waals surface area contributed by atoms with Crippen molar-refractivity contribution in [2.45, 2.75) is 25.5 Å². The highest BCUT2D eigenvalue weighted by Crippen LogP contribution is 2.23. The zero-order chi connectivity index (χ0) is 13.2. The summed E-state index contributed by atoms with van der Waals surface area (Å²) in [7, 11) is -3.24. The molecular weight excluding hydrogens is 270 g/mol. The zero-order valence-corrected chi connectivity index (χ0v) is 12.0. The SMILES string of the molecule is CC1CCCN(S(=O)(=O)Cc2ccccc2Cl)C1. The fraction of sp³-hybridized carbons (Fsp3) is 0.538. The van der Waals surface area contributed by atoms with Crippen molar-refractivity contribution in [1.29, 1.82) is 0 Å². The summed E-state index contributed by atoms with van der Waals surface area (Å²) in [5, 5.41) is 0.520. The van der Waals surface area contributed by atoms with Crippen LogP contribution in [0.15, 0.2) is 24.3 Å². The van der Waals surface area contributed by atoms with E-state index in [1.165, 1.54) is 0 Å². The van der Waals surface area contributed by atoms with Crippen molar-refractivity contribution in [2.24, 2.45) is 5.92 Å². The van der Waals surface area contributed by atoms with Gasteiger partial charge in [0, 0.05) is 18.1 Å². The van der Waals surface area contributed by atoms with Crippen molar-refractivity contribution in [3.63, 3.8) is 0 Å². The van der Waals surface area contributed by atoms with Crippen molar-refractivity contribution in [1.82, 2.24) is 4.31 Å². The highest BCUT2D eigenvalue weighted by molar-refractivity contribution is 7.88. The standard InChI is InChI=1S/C13H18ClNO2S/c1-11-5-4-8-15(9-11)18(16,17)10-12-6-2-3-7-13(12)14/h2-3,6-7,11H,4-5,8-10H2,1H3. The van der Waals surface area contributed by atoms with Gasteiger partial charge in [-0.15, -0.1) is 0 Å². The van der Waals surface area contributed by atoms with Crippen molar-refractivity contribution >= 4 is 21.6 Å². The van der Waals surface area contributed by atoms with Crippen LogP contribution in [0.1, 0.15) is 25.3 Å². The van der Waals surface area contributed by atoms with Gasteiger partial charge < -0.3 is 0 Å². The van der Waals surface area contributed by atoms with E-state index < -0.39 is 10.0 Å². The fourth-order valence-electron chi connectivity index (χ4n) is 2.30. The lowest BCUT2D eigenvalue weighted by Crippen LogP contribution is -2.39. The summed E-state index contributed by atoms with van der Waals surface area (Å²) in [4.78, 5) is 0. The van der Waals surface area contributed by atoms with E-state index in [4.69, 9.17) is 11.6 Å². The first kappa shape index (κ1) is 13.8. The van der Waals surface area contributed by atoms with E-state index in [-0.39, 0.29) is 5.75 Å². The maximum absolute atomic E-state index is 12.3. The summed E-state index contributed by atoms with van der Waals surface area (Å²) in [6.45, 7) is 3.36. The normalized spacial score (nSPS) is 22.0. The number of hydrogen-bond acceptors (Lipinski definition) is 2. The van der Waals surface area contributed by atoms with Gasteiger partial charge in [0.1, 0.15) is 0 Å². The van der Waals surface area contributed by atoms with Gasteiger partial charge in [-0.1, -0.05) is 36.7 Å². The molecule has 0 bridgehead atoms. The van der Waals surface area contributed by atoms with Gasteiger partial charge in [0.25, 0.3) is 0 Å². The van der Waals surface area contributed by atoms with Crippen LogP contribution in [0.4, 0.5) is 0 Å². The lowest BCUT2D eigenvalue weighted by molar-refractivity contribution is 0.281. The first-order chi connectivity index (χ1) is 8.49. The molecule has 2 rings (SSSR count). The average molecular weight is 288 g/mol. The molecule has 1 saturated heterocycles. The molecule has 1 unspecified atom stereocenters. The second-order valence-corrected chi connectivity index (χ2v) is 7.33. The van der Waals surface area contributed by atoms with E-state index in [1.807, 2.05) is 6.07 Å². The molecule has 1 aliphatic heterocycles. The van der Waals surface area contributed by atoms with Crippen LogP contribution >= 0.6 is 11.6 Å². The Bertz CT molecular complexity index is 515. The van der Waals surface area contributed by atoms with Crippen LogP contribution in [0.3, 0.4) is 0 Å². The van der Waals surface area contributed by atoms with E-state index in [0.717, 1.165) is 12.8 Å². The van der Waals surface area contributed by atoms with Crippen LogP contribution in [0.25, 0.3) is 0 Å². The predicted molar refractivity (Wildman–Crippen MR) is 74.0 cm³/mol. The topological polar surface area (TPSA) is 37.4 Å². The molecule has 0 N–H and O–H groups in total. The van der Waals surface area contributed by atoms with Crippen molar-refractivity contribution in [2.75, 3.05) is 13.1 Å². The third-order valence-corrected chi connectivity index (χ3v) is 5.47. The molecule has 0 amide bonds. The van der Waals surface area contributed by atoms with Crippen LogP contribution in [-0.2, 0) is 15.8 Å². The molecule has 100 valence electrons. The number of nitrogens with zero attached hydrogens (tertiary/aromatic N) is 1. The van der Waals surface area contributed by atoms with Gasteiger partial charge in [0.15, 0.2) is 0 Å². The maximum Gasteiger partial charge on any atom is 0.218 e. The van der Waals surface area contributed by atoms with Crippen LogP contribution in [-0.4, -0.2) is 25.8 Å². The number of sulfonamides is 1. The Morgan fingerprint density at radius 3 is 2.78 bits per heavy atom. The zero-order valence-electron chi connectivity index (χ0n) is 10.5. The number of rotatable bonds is 3. The Kier molecular flexibility index (Phi) is 4.30. The van der Waals surface area contributed by atoms with Gasteiger partial charge in [0.2, 0.25) is 10.0 Å². The Hall–Kier alpha value is -0.580. The van der Waals surface area contributed by atoms with Gasteiger partial charge in [-0.25, -0.2) is 12.7 Å². The van der Waals surface area contributed by atoms with Gasteiger partial charge in [-0.05, 0) is 30.4 Å². The van der Waals surface area contributed by atoms with Crippen molar-refractivity contribution in [3.05, 3.63) is 34.9 Å². The summed E-state index contributed by atoms with van der Waals surface area (Å²) in [6.07, 6.45) is 2.06. The quantitative estimate of drug-likeness (QED) is 0.857. The van der Waals surface area contributed by atoms with Crippen LogP contribution in [0.5, 0.6) is 0 Å². The van der Waals surface area contributed by atoms with Gasteiger partial charge in [-0.2, -0.15) is 0 Å². The predicted octanol–water partition coefficient (Wildman–Crippen LogP) is 2.90. The molecule has 1 aliphatic rings. The molecule has 0 radical (unpaired) electrons. The largest absolute Gasteiger partial charge is 0.218 e. The summed E-state index contributed by atoms with van der Waals surface area (Å²) < 4.78 is 26.2. The molecule has 1 aromatic rings. The first-order valence-corrected chi connectivity index (χ1v) is 8.19. The van der Waals surface area contributed by atoms with Gasteiger partial charge >= 0.3 is 0 Å². The molecule has 0 aliphatic carbocycles. The molecule has 1 atom stereocenters. The lowest BCUT2D eigenvalue weighted by atomic mass is 10.0. The summed E-state index contributed by atoms with van der Waals surface area (Å²) in [6, 6.07) is 7.12. The lowest BCUT2D eigenvalue weighted by Gasteiger charge is -2.30. The van der Waals surface area contributed by atoms with E-state index in [1.54, 1.807) is 22.5 Å². The Labute approximate surface area is 114 Å². The highest BCUT2D eigenvalue weighted by Gasteiger charge is 2.27. The summed E-state index contributed by atoms with van der Waals surface area (Å²) >= 11 is 6.01. The Morgan fingerprint density at radius 2 is 2.11 bits per heavy atom. The minimum atomic E-state index is -3.24. The fourth-order valence-corrected chi connectivity index (χ4v) is 4.30. The molecule has 5 heteroatoms. The Balaban J connectivity index is 2.14. The number of halogens is 1. The minimum Gasteiger partial charge on any atom is -0.212 e. The summed E-state index contributed by atoms with van der Waals surface area (Å²) in [5.41, 5.74) is 0.678. The minimum absolute atomic E-state index is 0.000602. The second kappa shape index (κ2) is 5.59. The van der Waals surface area contributed by atoms with E-state index in [9.17, 15) is 8.42 Å². The van der Waals surface area contributed by atoms with Gasteiger partial charge in [0.05, 0.1) is 5.75 Å². The molecule has 0 saturated carbocycles.